The number of H-pyrrole nitrogens is 2. The van der Waals surface area contributed by atoms with Gasteiger partial charge in [0.2, 0.25) is 0 Å². The highest BCUT2D eigenvalue weighted by atomic mass is 16.5. The van der Waals surface area contributed by atoms with Gasteiger partial charge in [0.05, 0.1) is 44.4 Å². The van der Waals surface area contributed by atoms with Crippen LogP contribution in [-0.4, -0.2) is 37.6 Å². The molecule has 1 aliphatic carbocycles. The summed E-state index contributed by atoms with van der Waals surface area (Å²) in [4.78, 5) is 12.5. The molecule has 1 aromatic heterocycles. The molecule has 6 rings (SSSR count). The van der Waals surface area contributed by atoms with Gasteiger partial charge in [0.1, 0.15) is 29.1 Å². The van der Waals surface area contributed by atoms with Gasteiger partial charge < -0.3 is 24.0 Å². The van der Waals surface area contributed by atoms with Crippen molar-refractivity contribution in [3.63, 3.8) is 0 Å². The minimum Gasteiger partial charge on any atom is -0.497 e. The molecule has 0 saturated heterocycles. The van der Waals surface area contributed by atoms with Crippen LogP contribution in [0.25, 0.3) is 0 Å². The first-order valence-electron chi connectivity index (χ1n) is 12.0. The maximum atomic E-state index is 12.5. The van der Waals surface area contributed by atoms with Crippen LogP contribution in [0.5, 0.6) is 23.0 Å². The van der Waals surface area contributed by atoms with Crippen LogP contribution in [0.1, 0.15) is 48.1 Å². The summed E-state index contributed by atoms with van der Waals surface area (Å²) in [6.07, 6.45) is -0.197. The summed E-state index contributed by atoms with van der Waals surface area (Å²) in [6, 6.07) is 23.4. The molecule has 0 spiro atoms. The predicted molar refractivity (Wildman–Crippen MR) is 140 cm³/mol. The van der Waals surface area contributed by atoms with E-state index in [9.17, 15) is 4.79 Å². The van der Waals surface area contributed by atoms with Crippen LogP contribution in [0, 0.1) is 0 Å². The molecule has 0 fully saturated rings. The van der Waals surface area contributed by atoms with E-state index < -0.39 is 0 Å². The molecule has 2 aliphatic rings. The molecular weight excluding hydrogens is 456 g/mol. The second-order valence-corrected chi connectivity index (χ2v) is 8.11. The van der Waals surface area contributed by atoms with Gasteiger partial charge in [0, 0.05) is 17.7 Å². The summed E-state index contributed by atoms with van der Waals surface area (Å²) in [7, 11) is 4.91. The number of aromatic nitrogens is 2. The summed E-state index contributed by atoms with van der Waals surface area (Å²) in [5, 5.41) is 5.81. The minimum atomic E-state index is -0.197. The summed E-state index contributed by atoms with van der Waals surface area (Å²) in [5.41, 5.74) is 3.53. The molecule has 2 unspecified atom stereocenters. The van der Waals surface area contributed by atoms with Crippen LogP contribution < -0.4 is 24.5 Å². The Morgan fingerprint density at radius 2 is 1.36 bits per heavy atom. The van der Waals surface area contributed by atoms with Gasteiger partial charge in [-0.25, -0.2) is 0 Å². The molecule has 3 aromatic carbocycles. The van der Waals surface area contributed by atoms with E-state index in [1.807, 2.05) is 86.6 Å². The van der Waals surface area contributed by atoms with Crippen molar-refractivity contribution in [2.24, 2.45) is 0 Å². The predicted octanol–water partition coefficient (Wildman–Crippen LogP) is 5.48. The highest BCUT2D eigenvalue weighted by Gasteiger charge is 2.52. The second kappa shape index (κ2) is 11.1. The Hall–Kier alpha value is -4.13. The SMILES string of the molecule is CC.COc1cc(OC)c2c(c1)OC1C2c2[nH][nH]c(=O)c2[C@H]1c1ccccc1.COc1ccccc1. The fourth-order valence-corrected chi connectivity index (χ4v) is 4.89. The van der Waals surface area contributed by atoms with E-state index in [-0.39, 0.29) is 23.5 Å². The zero-order valence-corrected chi connectivity index (χ0v) is 21.2. The van der Waals surface area contributed by atoms with Gasteiger partial charge in [0.25, 0.3) is 5.56 Å². The van der Waals surface area contributed by atoms with Crippen LogP contribution in [0.3, 0.4) is 0 Å². The van der Waals surface area contributed by atoms with Crippen molar-refractivity contribution in [1.82, 2.24) is 10.2 Å². The number of benzene rings is 3. The summed E-state index contributed by atoms with van der Waals surface area (Å²) >= 11 is 0. The van der Waals surface area contributed by atoms with E-state index in [1.165, 1.54) is 0 Å². The zero-order valence-electron chi connectivity index (χ0n) is 21.2. The normalized spacial score (nSPS) is 18.2. The van der Waals surface area contributed by atoms with Crippen LogP contribution in [-0.2, 0) is 0 Å². The zero-order chi connectivity index (χ0) is 25.7. The number of aromatic amines is 2. The Morgan fingerprint density at radius 1 is 0.722 bits per heavy atom. The fourth-order valence-electron chi connectivity index (χ4n) is 4.89. The number of rotatable bonds is 4. The van der Waals surface area contributed by atoms with E-state index >= 15 is 0 Å². The largest absolute Gasteiger partial charge is 0.497 e. The first kappa shape index (κ1) is 25.0. The quantitative estimate of drug-likeness (QED) is 0.397. The summed E-state index contributed by atoms with van der Waals surface area (Å²) in [6.45, 7) is 4.00. The Morgan fingerprint density at radius 3 is 1.94 bits per heavy atom. The summed E-state index contributed by atoms with van der Waals surface area (Å²) < 4.78 is 22.2. The monoisotopic (exact) mass is 488 g/mol. The van der Waals surface area contributed by atoms with Gasteiger partial charge in [-0.3, -0.25) is 9.89 Å². The molecule has 0 amide bonds. The number of hydrogen-bond donors (Lipinski definition) is 2. The van der Waals surface area contributed by atoms with E-state index in [0.717, 1.165) is 33.9 Å². The topological polar surface area (TPSA) is 85.6 Å². The third-order valence-corrected chi connectivity index (χ3v) is 6.37. The number of fused-ring (bicyclic) bond motifs is 5. The molecular formula is C29H32N2O5. The van der Waals surface area contributed by atoms with Gasteiger partial charge in [-0.05, 0) is 17.7 Å². The Bertz CT molecular complexity index is 1330. The van der Waals surface area contributed by atoms with Crippen LogP contribution >= 0.6 is 0 Å². The molecule has 2 N–H and O–H groups in total. The van der Waals surface area contributed by atoms with Gasteiger partial charge in [-0.15, -0.1) is 0 Å². The molecule has 3 atom stereocenters. The minimum absolute atomic E-state index is 0.0926. The van der Waals surface area contributed by atoms with E-state index in [2.05, 4.69) is 10.2 Å². The number of nitrogens with one attached hydrogen (secondary N) is 2. The standard InChI is InChI=1S/C20H18N2O4.C7H8O.C2H6/c1-24-11-8-12(25-2)15-13(9-11)26-19-14(10-6-4-3-5-7-10)17-18(16(15)19)21-22-20(17)23;1-8-7-5-3-2-4-6-7;1-2/h3-9,14,16,19H,1-2H3,(H2,21,22,23);2-6H,1H3;1-2H3/t14-,16?,19?;;/m1../s1. The van der Waals surface area contributed by atoms with Crippen LogP contribution in [0.2, 0.25) is 0 Å². The Kier molecular flexibility index (Phi) is 7.68. The molecule has 0 radical (unpaired) electrons. The van der Waals surface area contributed by atoms with Gasteiger partial charge in [0.15, 0.2) is 0 Å². The van der Waals surface area contributed by atoms with E-state index in [0.29, 0.717) is 11.5 Å². The number of methoxy groups -OCH3 is 3. The van der Waals surface area contributed by atoms with Crippen molar-refractivity contribution in [2.75, 3.05) is 21.3 Å². The van der Waals surface area contributed by atoms with E-state index in [1.54, 1.807) is 21.3 Å². The van der Waals surface area contributed by atoms with Gasteiger partial charge in [-0.1, -0.05) is 62.4 Å². The lowest BCUT2D eigenvalue weighted by atomic mass is 9.89. The van der Waals surface area contributed by atoms with Crippen molar-refractivity contribution < 1.29 is 18.9 Å². The first-order chi connectivity index (χ1) is 17.7. The van der Waals surface area contributed by atoms with Gasteiger partial charge >= 0.3 is 0 Å². The number of hydrogen-bond acceptors (Lipinski definition) is 5. The maximum absolute atomic E-state index is 12.5. The maximum Gasteiger partial charge on any atom is 0.268 e. The van der Waals surface area contributed by atoms with Crippen molar-refractivity contribution in [3.8, 4) is 23.0 Å². The third-order valence-electron chi connectivity index (χ3n) is 6.37. The number of para-hydroxylation sites is 1. The van der Waals surface area contributed by atoms with Crippen LogP contribution in [0.4, 0.5) is 0 Å². The lowest BCUT2D eigenvalue weighted by Crippen LogP contribution is -2.25. The molecule has 36 heavy (non-hydrogen) atoms. The van der Waals surface area contributed by atoms with E-state index in [4.69, 9.17) is 18.9 Å². The van der Waals surface area contributed by atoms with Crippen LogP contribution in [0.15, 0.2) is 77.6 Å². The number of ether oxygens (including phenoxy) is 4. The Labute approximate surface area is 211 Å². The highest BCUT2D eigenvalue weighted by molar-refractivity contribution is 5.62. The summed E-state index contributed by atoms with van der Waals surface area (Å²) in [5.74, 6) is 2.80. The average molecular weight is 489 g/mol. The smallest absolute Gasteiger partial charge is 0.268 e. The molecule has 7 nitrogen and oxygen atoms in total. The molecule has 0 bridgehead atoms. The molecule has 0 saturated carbocycles. The van der Waals surface area contributed by atoms with Crippen molar-refractivity contribution >= 4 is 0 Å². The highest BCUT2D eigenvalue weighted by Crippen LogP contribution is 2.57. The first-order valence-corrected chi connectivity index (χ1v) is 12.0. The lowest BCUT2D eigenvalue weighted by Gasteiger charge is -2.19. The average Bonchev–Trinajstić information content (AvgIpc) is 3.60. The molecule has 1 aliphatic heterocycles. The van der Waals surface area contributed by atoms with Crippen molar-refractivity contribution in [2.45, 2.75) is 31.8 Å². The molecule has 188 valence electrons. The third kappa shape index (κ3) is 4.44. The molecule has 7 heteroatoms. The van der Waals surface area contributed by atoms with Crippen molar-refractivity contribution in [3.05, 3.63) is 106 Å². The van der Waals surface area contributed by atoms with Gasteiger partial charge in [-0.2, -0.15) is 0 Å². The fraction of sp³-hybridized carbons (Fsp3) is 0.276. The molecule has 2 heterocycles. The van der Waals surface area contributed by atoms with Crippen molar-refractivity contribution in [1.29, 1.82) is 0 Å². The second-order valence-electron chi connectivity index (χ2n) is 8.11. The molecule has 4 aromatic rings. The lowest BCUT2D eigenvalue weighted by molar-refractivity contribution is 0.209. The Balaban J connectivity index is 0.000000259.